The Hall–Kier alpha value is -1.59. The van der Waals surface area contributed by atoms with E-state index in [0.29, 0.717) is 12.6 Å². The van der Waals surface area contributed by atoms with Crippen LogP contribution >= 0.6 is 0 Å². The highest BCUT2D eigenvalue weighted by Gasteiger charge is 2.20. The number of nitrogens with one attached hydrogen (secondary N) is 2. The van der Waals surface area contributed by atoms with Crippen LogP contribution in [0, 0.1) is 12.8 Å². The van der Waals surface area contributed by atoms with Crippen LogP contribution in [-0.4, -0.2) is 54.8 Å². The maximum absolute atomic E-state index is 9.15. The van der Waals surface area contributed by atoms with E-state index >= 15 is 0 Å². The third-order valence-corrected chi connectivity index (χ3v) is 4.63. The van der Waals surface area contributed by atoms with Gasteiger partial charge in [0.25, 0.3) is 0 Å². The minimum atomic E-state index is 0.181. The fourth-order valence-electron chi connectivity index (χ4n) is 3.12. The monoisotopic (exact) mass is 346 g/mol. The molecule has 5 heteroatoms. The summed E-state index contributed by atoms with van der Waals surface area (Å²) < 4.78 is 0. The zero-order chi connectivity index (χ0) is 18.1. The van der Waals surface area contributed by atoms with E-state index < -0.39 is 0 Å². The molecule has 25 heavy (non-hydrogen) atoms. The topological polar surface area (TPSA) is 59.9 Å². The average Bonchev–Trinajstić information content (AvgIpc) is 2.61. The van der Waals surface area contributed by atoms with Gasteiger partial charge in [0.1, 0.15) is 0 Å². The van der Waals surface area contributed by atoms with Crippen molar-refractivity contribution in [3.63, 3.8) is 0 Å². The molecule has 0 radical (unpaired) electrons. The second-order valence-electron chi connectivity index (χ2n) is 7.19. The van der Waals surface area contributed by atoms with Gasteiger partial charge in [0.2, 0.25) is 0 Å². The molecule has 0 saturated carbocycles. The Labute approximate surface area is 152 Å². The van der Waals surface area contributed by atoms with Crippen molar-refractivity contribution in [1.82, 2.24) is 15.5 Å². The van der Waals surface area contributed by atoms with Gasteiger partial charge in [-0.2, -0.15) is 0 Å². The van der Waals surface area contributed by atoms with Crippen molar-refractivity contribution in [3.05, 3.63) is 35.4 Å². The summed E-state index contributed by atoms with van der Waals surface area (Å²) in [5.74, 6) is 1.08. The Morgan fingerprint density at radius 1 is 1.36 bits per heavy atom. The van der Waals surface area contributed by atoms with Gasteiger partial charge in [-0.1, -0.05) is 36.8 Å². The van der Waals surface area contributed by atoms with Crippen molar-refractivity contribution in [1.29, 1.82) is 0 Å². The number of rotatable bonds is 7. The summed E-state index contributed by atoms with van der Waals surface area (Å²) in [6.07, 6.45) is 2.26. The summed E-state index contributed by atoms with van der Waals surface area (Å²) in [4.78, 5) is 7.13. The number of nitrogens with zero attached hydrogens (tertiary/aromatic N) is 2. The number of hydrogen-bond donors (Lipinski definition) is 3. The quantitative estimate of drug-likeness (QED) is 0.523. The number of piperidine rings is 1. The highest BCUT2D eigenvalue weighted by molar-refractivity contribution is 5.80. The van der Waals surface area contributed by atoms with Crippen LogP contribution < -0.4 is 10.6 Å². The molecule has 0 aliphatic carbocycles. The number of aliphatic hydroxyl groups is 1. The molecule has 1 atom stereocenters. The summed E-state index contributed by atoms with van der Waals surface area (Å²) in [7, 11) is 0. The van der Waals surface area contributed by atoms with Gasteiger partial charge in [-0.25, -0.2) is 0 Å². The predicted octanol–water partition coefficient (Wildman–Crippen LogP) is 2.14. The van der Waals surface area contributed by atoms with Crippen LogP contribution in [0.15, 0.2) is 29.3 Å². The maximum atomic E-state index is 9.15. The van der Waals surface area contributed by atoms with E-state index in [1.54, 1.807) is 0 Å². The first-order valence-electron chi connectivity index (χ1n) is 9.54. The second kappa shape index (κ2) is 10.4. The lowest BCUT2D eigenvalue weighted by molar-refractivity contribution is 0.198. The Bertz CT molecular complexity index is 538. The summed E-state index contributed by atoms with van der Waals surface area (Å²) in [6.45, 7) is 11.2. The van der Waals surface area contributed by atoms with Crippen LogP contribution in [0.5, 0.6) is 0 Å². The SMILES string of the molecule is CCNC(=NCC(C)CO)NC1CCN(Cc2cccc(C)c2)CC1. The fraction of sp³-hybridized carbons (Fsp3) is 0.650. The molecule has 0 bridgehead atoms. The van der Waals surface area contributed by atoms with Crippen LogP contribution in [0.3, 0.4) is 0 Å². The first kappa shape index (κ1) is 19.7. The van der Waals surface area contributed by atoms with E-state index in [-0.39, 0.29) is 12.5 Å². The lowest BCUT2D eigenvalue weighted by atomic mass is 10.0. The van der Waals surface area contributed by atoms with E-state index in [2.05, 4.69) is 58.6 Å². The first-order valence-corrected chi connectivity index (χ1v) is 9.54. The van der Waals surface area contributed by atoms with E-state index in [4.69, 9.17) is 5.11 Å². The van der Waals surface area contributed by atoms with Crippen LogP contribution in [-0.2, 0) is 6.54 Å². The smallest absolute Gasteiger partial charge is 0.191 e. The molecule has 1 aromatic carbocycles. The van der Waals surface area contributed by atoms with Crippen molar-refractivity contribution in [2.75, 3.05) is 32.8 Å². The minimum absolute atomic E-state index is 0.181. The Morgan fingerprint density at radius 3 is 2.76 bits per heavy atom. The van der Waals surface area contributed by atoms with Gasteiger partial charge < -0.3 is 15.7 Å². The molecule has 1 unspecified atom stereocenters. The average molecular weight is 347 g/mol. The van der Waals surface area contributed by atoms with Crippen LogP contribution in [0.25, 0.3) is 0 Å². The summed E-state index contributed by atoms with van der Waals surface area (Å²) >= 11 is 0. The molecule has 0 amide bonds. The van der Waals surface area contributed by atoms with Gasteiger partial charge in [0.15, 0.2) is 5.96 Å². The summed E-state index contributed by atoms with van der Waals surface area (Å²) in [5.41, 5.74) is 2.73. The van der Waals surface area contributed by atoms with Gasteiger partial charge in [0, 0.05) is 45.4 Å². The number of aliphatic imine (C=N–C) groups is 1. The van der Waals surface area contributed by atoms with Crippen molar-refractivity contribution in [2.24, 2.45) is 10.9 Å². The number of aryl methyl sites for hydroxylation is 1. The molecule has 0 aromatic heterocycles. The molecular weight excluding hydrogens is 312 g/mol. The van der Waals surface area contributed by atoms with E-state index in [1.165, 1.54) is 11.1 Å². The van der Waals surface area contributed by atoms with Crippen LogP contribution in [0.4, 0.5) is 0 Å². The molecule has 5 nitrogen and oxygen atoms in total. The minimum Gasteiger partial charge on any atom is -0.396 e. The molecule has 0 spiro atoms. The summed E-state index contributed by atoms with van der Waals surface area (Å²) in [6, 6.07) is 9.26. The Morgan fingerprint density at radius 2 is 2.12 bits per heavy atom. The molecule has 1 saturated heterocycles. The zero-order valence-electron chi connectivity index (χ0n) is 16.0. The Kier molecular flexibility index (Phi) is 8.22. The normalized spacial score (nSPS) is 18.2. The lowest BCUT2D eigenvalue weighted by Crippen LogP contribution is -2.48. The van der Waals surface area contributed by atoms with E-state index in [1.807, 2.05) is 6.92 Å². The van der Waals surface area contributed by atoms with Crippen molar-refractivity contribution < 1.29 is 5.11 Å². The highest BCUT2D eigenvalue weighted by Crippen LogP contribution is 2.14. The molecule has 1 aliphatic rings. The van der Waals surface area contributed by atoms with Gasteiger partial charge in [-0.05, 0) is 38.2 Å². The van der Waals surface area contributed by atoms with E-state index in [9.17, 15) is 0 Å². The van der Waals surface area contributed by atoms with Gasteiger partial charge in [-0.3, -0.25) is 9.89 Å². The zero-order valence-corrected chi connectivity index (χ0v) is 16.0. The Balaban J connectivity index is 1.79. The predicted molar refractivity (Wildman–Crippen MR) is 105 cm³/mol. The third-order valence-electron chi connectivity index (χ3n) is 4.63. The van der Waals surface area contributed by atoms with E-state index in [0.717, 1.165) is 45.0 Å². The standard InChI is InChI=1S/C20H34N4O/c1-4-21-20(22-13-17(3)15-25)23-19-8-10-24(11-9-19)14-18-7-5-6-16(2)12-18/h5-7,12,17,19,25H,4,8-11,13-15H2,1-3H3,(H2,21,22,23). The molecule has 3 N–H and O–H groups in total. The fourth-order valence-corrected chi connectivity index (χ4v) is 3.12. The number of guanidine groups is 1. The first-order chi connectivity index (χ1) is 12.1. The van der Waals surface area contributed by atoms with Crippen LogP contribution in [0.2, 0.25) is 0 Å². The molecule has 2 rings (SSSR count). The molecule has 1 aromatic rings. The van der Waals surface area contributed by atoms with Gasteiger partial charge >= 0.3 is 0 Å². The number of likely N-dealkylation sites (tertiary alicyclic amines) is 1. The van der Waals surface area contributed by atoms with Gasteiger partial charge in [-0.15, -0.1) is 0 Å². The number of aliphatic hydroxyl groups excluding tert-OH is 1. The van der Waals surface area contributed by atoms with Crippen molar-refractivity contribution in [3.8, 4) is 0 Å². The van der Waals surface area contributed by atoms with Crippen molar-refractivity contribution >= 4 is 5.96 Å². The largest absolute Gasteiger partial charge is 0.396 e. The second-order valence-corrected chi connectivity index (χ2v) is 7.19. The molecule has 1 fully saturated rings. The summed E-state index contributed by atoms with van der Waals surface area (Å²) in [5, 5.41) is 16.0. The van der Waals surface area contributed by atoms with Crippen molar-refractivity contribution in [2.45, 2.75) is 46.2 Å². The van der Waals surface area contributed by atoms with Crippen LogP contribution in [0.1, 0.15) is 37.8 Å². The van der Waals surface area contributed by atoms with Gasteiger partial charge in [0.05, 0.1) is 0 Å². The molecule has 1 aliphatic heterocycles. The third kappa shape index (κ3) is 7.04. The number of benzene rings is 1. The lowest BCUT2D eigenvalue weighted by Gasteiger charge is -2.33. The highest BCUT2D eigenvalue weighted by atomic mass is 16.3. The molecule has 140 valence electrons. The maximum Gasteiger partial charge on any atom is 0.191 e. The molecular formula is C20H34N4O. The molecule has 1 heterocycles. The number of hydrogen-bond acceptors (Lipinski definition) is 3.